The van der Waals surface area contributed by atoms with Crippen LogP contribution in [0.3, 0.4) is 0 Å². The van der Waals surface area contributed by atoms with E-state index in [2.05, 4.69) is 0 Å². The fraction of sp³-hybridized carbons (Fsp3) is 0. The molecule has 0 saturated heterocycles. The first kappa shape index (κ1) is 16.9. The van der Waals surface area contributed by atoms with E-state index in [4.69, 9.17) is 0 Å². The predicted molar refractivity (Wildman–Crippen MR) is 60.4 cm³/mol. The van der Waals surface area contributed by atoms with Gasteiger partial charge in [-0.2, -0.15) is 0 Å². The van der Waals surface area contributed by atoms with Gasteiger partial charge in [0, 0.05) is 12.1 Å². The monoisotopic (exact) mass is 404 g/mol. The second-order valence-corrected chi connectivity index (χ2v) is 6.50. The Morgan fingerprint density at radius 3 is 1.35 bits per heavy atom. The lowest BCUT2D eigenvalue weighted by Gasteiger charge is -1.94. The Bertz CT molecular complexity index is 508. The number of hydrogen-bond acceptors (Lipinski definition) is 0. The highest BCUT2D eigenvalue weighted by molar-refractivity contribution is 6.50. The molecule has 0 nitrogen and oxygen atoms in total. The zero-order chi connectivity index (χ0) is 15.2. The summed E-state index contributed by atoms with van der Waals surface area (Å²) in [5.41, 5.74) is 0. The van der Waals surface area contributed by atoms with Gasteiger partial charge in [0.25, 0.3) is 0 Å². The molecule has 0 spiro atoms. The summed E-state index contributed by atoms with van der Waals surface area (Å²) < 4.78 is 66.7. The summed E-state index contributed by atoms with van der Waals surface area (Å²) in [4.78, 5) is 0. The van der Waals surface area contributed by atoms with Crippen LogP contribution in [-0.2, 0) is 0 Å². The fourth-order valence-electron chi connectivity index (χ4n) is 1.16. The van der Waals surface area contributed by atoms with E-state index in [0.29, 0.717) is 0 Å². The molecular weight excluding hydrogens is 396 g/mol. The van der Waals surface area contributed by atoms with E-state index in [1.165, 1.54) is 24.3 Å². The Labute approximate surface area is 122 Å². The standard InChI is InChI=1S/C12H8F2I.BF4/c13-9-3-1-5-11(7-9)15-12-6-2-4-10(14)8-12;2-1(3,4)5/h1-8H;/q+1;-1. The van der Waals surface area contributed by atoms with Crippen molar-refractivity contribution >= 4 is 7.25 Å². The molecule has 0 unspecified atom stereocenters. The smallest absolute Gasteiger partial charge is 0.418 e. The summed E-state index contributed by atoms with van der Waals surface area (Å²) in [6, 6.07) is 13.0. The second kappa shape index (κ2) is 7.56. The van der Waals surface area contributed by atoms with Gasteiger partial charge >= 0.3 is 28.5 Å². The van der Waals surface area contributed by atoms with Crippen LogP contribution in [0, 0.1) is 18.8 Å². The molecule has 0 N–H and O–H groups in total. The Kier molecular flexibility index (Phi) is 6.37. The highest BCUT2D eigenvalue weighted by Crippen LogP contribution is 2.06. The minimum atomic E-state index is -6.00. The molecule has 0 atom stereocenters. The summed E-state index contributed by atoms with van der Waals surface area (Å²) >= 11 is -0.485. The lowest BCUT2D eigenvalue weighted by molar-refractivity contribution is -0.597. The van der Waals surface area contributed by atoms with E-state index in [9.17, 15) is 26.0 Å². The third-order valence-electron chi connectivity index (χ3n) is 1.79. The van der Waals surface area contributed by atoms with Crippen molar-refractivity contribution < 1.29 is 47.2 Å². The van der Waals surface area contributed by atoms with Crippen LogP contribution < -0.4 is 21.2 Å². The molecule has 2 rings (SSSR count). The summed E-state index contributed by atoms with van der Waals surface area (Å²) in [5.74, 6) is -0.466. The van der Waals surface area contributed by atoms with E-state index in [1.807, 2.05) is 12.1 Å². The SMILES string of the molecule is F[B-](F)(F)F.Fc1cccc([I+]c2cccc(F)c2)c1. The highest BCUT2D eigenvalue weighted by atomic mass is 127. The molecule has 2 aromatic rings. The number of hydrogen-bond donors (Lipinski definition) is 0. The molecule has 0 saturated carbocycles. The van der Waals surface area contributed by atoms with Gasteiger partial charge in [-0.1, -0.05) is 12.1 Å². The van der Waals surface area contributed by atoms with Crippen LogP contribution in [0.2, 0.25) is 0 Å². The molecule has 0 bridgehead atoms. The van der Waals surface area contributed by atoms with Crippen molar-refractivity contribution in [3.63, 3.8) is 0 Å². The van der Waals surface area contributed by atoms with Crippen LogP contribution in [-0.4, -0.2) is 7.25 Å². The van der Waals surface area contributed by atoms with Gasteiger partial charge in [-0.15, -0.1) is 0 Å². The Morgan fingerprint density at radius 2 is 1.05 bits per heavy atom. The summed E-state index contributed by atoms with van der Waals surface area (Å²) in [6.07, 6.45) is 0. The maximum Gasteiger partial charge on any atom is 0.673 e. The van der Waals surface area contributed by atoms with Crippen LogP contribution in [0.5, 0.6) is 0 Å². The quantitative estimate of drug-likeness (QED) is 0.404. The van der Waals surface area contributed by atoms with Gasteiger partial charge in [0.05, 0.1) is 0 Å². The first-order valence-electron chi connectivity index (χ1n) is 5.27. The first-order chi connectivity index (χ1) is 9.24. The molecule has 108 valence electrons. The molecule has 2 aromatic carbocycles. The lowest BCUT2D eigenvalue weighted by atomic mass is 10.3. The Hall–Kier alpha value is -1.19. The number of halogens is 7. The van der Waals surface area contributed by atoms with Gasteiger partial charge in [0.1, 0.15) is 11.6 Å². The molecule has 8 heteroatoms. The molecule has 0 amide bonds. The zero-order valence-electron chi connectivity index (χ0n) is 9.84. The van der Waals surface area contributed by atoms with Crippen LogP contribution in [0.4, 0.5) is 26.0 Å². The Morgan fingerprint density at radius 1 is 0.700 bits per heavy atom. The maximum absolute atomic E-state index is 12.9. The van der Waals surface area contributed by atoms with Crippen molar-refractivity contribution in [1.29, 1.82) is 0 Å². The molecule has 0 fully saturated rings. The zero-order valence-corrected chi connectivity index (χ0v) is 12.0. The van der Waals surface area contributed by atoms with Crippen molar-refractivity contribution in [1.82, 2.24) is 0 Å². The van der Waals surface area contributed by atoms with Gasteiger partial charge in [-0.25, -0.2) is 8.78 Å². The maximum atomic E-state index is 12.9. The largest absolute Gasteiger partial charge is 0.673 e. The normalized spacial score (nSPS) is 10.7. The number of rotatable bonds is 2. The van der Waals surface area contributed by atoms with Crippen LogP contribution >= 0.6 is 0 Å². The average molecular weight is 404 g/mol. The average Bonchev–Trinajstić information content (AvgIpc) is 2.26. The summed E-state index contributed by atoms with van der Waals surface area (Å²) in [5, 5.41) is 0. The molecule has 0 aliphatic rings. The van der Waals surface area contributed by atoms with E-state index in [0.717, 1.165) is 7.14 Å². The van der Waals surface area contributed by atoms with Gasteiger partial charge in [0.2, 0.25) is 0 Å². The lowest BCUT2D eigenvalue weighted by Crippen LogP contribution is -3.61. The molecule has 0 heterocycles. The second-order valence-electron chi connectivity index (χ2n) is 3.47. The minimum Gasteiger partial charge on any atom is -0.418 e. The van der Waals surface area contributed by atoms with E-state index in [-0.39, 0.29) is 11.6 Å². The summed E-state index contributed by atoms with van der Waals surface area (Å²) in [7, 11) is -6.00. The third kappa shape index (κ3) is 8.08. The van der Waals surface area contributed by atoms with Crippen LogP contribution in [0.1, 0.15) is 0 Å². The highest BCUT2D eigenvalue weighted by Gasteiger charge is 2.20. The summed E-state index contributed by atoms with van der Waals surface area (Å²) in [6.45, 7) is 0. The van der Waals surface area contributed by atoms with Gasteiger partial charge in [-0.3, -0.25) is 0 Å². The van der Waals surface area contributed by atoms with Crippen molar-refractivity contribution in [2.75, 3.05) is 0 Å². The van der Waals surface area contributed by atoms with Gasteiger partial charge in [-0.05, 0) is 24.3 Å². The molecular formula is C12H8BF6I. The molecule has 20 heavy (non-hydrogen) atoms. The topological polar surface area (TPSA) is 0 Å². The van der Waals surface area contributed by atoms with Gasteiger partial charge < -0.3 is 17.3 Å². The molecule has 0 aliphatic heterocycles. The molecule has 0 aromatic heterocycles. The minimum absolute atomic E-state index is 0.233. The van der Waals surface area contributed by atoms with Crippen molar-refractivity contribution in [3.8, 4) is 0 Å². The predicted octanol–water partition coefficient (Wildman–Crippen LogP) is 1.39. The first-order valence-corrected chi connectivity index (χ1v) is 7.43. The van der Waals surface area contributed by atoms with E-state index in [1.54, 1.807) is 12.1 Å². The van der Waals surface area contributed by atoms with Crippen LogP contribution in [0.15, 0.2) is 48.5 Å². The fourth-order valence-corrected chi connectivity index (χ4v) is 3.56. The van der Waals surface area contributed by atoms with Crippen molar-refractivity contribution in [3.05, 3.63) is 67.3 Å². The van der Waals surface area contributed by atoms with E-state index < -0.39 is 28.5 Å². The number of benzene rings is 2. The van der Waals surface area contributed by atoms with Crippen molar-refractivity contribution in [2.45, 2.75) is 0 Å². The van der Waals surface area contributed by atoms with Crippen LogP contribution in [0.25, 0.3) is 0 Å². The van der Waals surface area contributed by atoms with Crippen molar-refractivity contribution in [2.24, 2.45) is 0 Å². The van der Waals surface area contributed by atoms with Gasteiger partial charge in [0.15, 0.2) is 7.14 Å². The van der Waals surface area contributed by atoms with E-state index >= 15 is 0 Å². The Balaban J connectivity index is 0.000000347. The third-order valence-corrected chi connectivity index (χ3v) is 4.38. The molecule has 0 aliphatic carbocycles. The molecule has 0 radical (unpaired) electrons.